The Morgan fingerprint density at radius 1 is 1.28 bits per heavy atom. The van der Waals surface area contributed by atoms with Crippen molar-refractivity contribution in [3.63, 3.8) is 0 Å². The largest absolute Gasteiger partial charge is 0.444 e. The van der Waals surface area contributed by atoms with Gasteiger partial charge < -0.3 is 9.73 Å². The molecule has 2 heterocycles. The van der Waals surface area contributed by atoms with E-state index >= 15 is 0 Å². The van der Waals surface area contributed by atoms with E-state index in [-0.39, 0.29) is 0 Å². The summed E-state index contributed by atoms with van der Waals surface area (Å²) in [4.78, 5) is 4.55. The van der Waals surface area contributed by atoms with Gasteiger partial charge in [-0.1, -0.05) is 29.8 Å². The predicted octanol–water partition coefficient (Wildman–Crippen LogP) is 2.76. The number of fused-ring (bicyclic) bond motifs is 1. The highest BCUT2D eigenvalue weighted by Gasteiger charge is 2.16. The fourth-order valence-electron chi connectivity index (χ4n) is 2.23. The first-order valence-corrected chi connectivity index (χ1v) is 6.62. The third kappa shape index (κ3) is 2.42. The number of nitrogens with zero attached hydrogens (tertiary/aromatic N) is 1. The van der Waals surface area contributed by atoms with Gasteiger partial charge in [0.05, 0.1) is 12.2 Å². The molecule has 1 aromatic heterocycles. The summed E-state index contributed by atoms with van der Waals surface area (Å²) in [6, 6.07) is 7.92. The van der Waals surface area contributed by atoms with Crippen molar-refractivity contribution in [3.05, 3.63) is 52.2 Å². The molecule has 2 aromatic rings. The van der Waals surface area contributed by atoms with Gasteiger partial charge in [-0.2, -0.15) is 0 Å². The summed E-state index contributed by atoms with van der Waals surface area (Å²) in [5, 5.41) is 4.10. The van der Waals surface area contributed by atoms with Crippen LogP contribution in [-0.4, -0.2) is 11.5 Å². The van der Waals surface area contributed by atoms with Gasteiger partial charge >= 0.3 is 0 Å². The number of rotatable bonds is 3. The number of oxazole rings is 1. The Balaban J connectivity index is 1.70. The highest BCUT2D eigenvalue weighted by molar-refractivity contribution is 6.31. The van der Waals surface area contributed by atoms with Crippen LogP contribution in [0.3, 0.4) is 0 Å². The number of aromatic nitrogens is 1. The highest BCUT2D eigenvalue weighted by atomic mass is 35.5. The topological polar surface area (TPSA) is 38.1 Å². The number of hydrogen-bond donors (Lipinski definition) is 1. The number of aryl methyl sites for hydroxylation is 2. The Labute approximate surface area is 111 Å². The molecule has 18 heavy (non-hydrogen) atoms. The molecule has 1 aliphatic rings. The van der Waals surface area contributed by atoms with Crippen LogP contribution in [0.1, 0.15) is 22.9 Å². The fraction of sp³-hybridized carbons (Fsp3) is 0.357. The normalized spacial score (nSPS) is 14.5. The van der Waals surface area contributed by atoms with Crippen molar-refractivity contribution in [1.29, 1.82) is 0 Å². The molecule has 0 fully saturated rings. The molecule has 1 N–H and O–H groups in total. The van der Waals surface area contributed by atoms with Crippen LogP contribution in [0, 0.1) is 0 Å². The van der Waals surface area contributed by atoms with E-state index in [1.165, 1.54) is 0 Å². The van der Waals surface area contributed by atoms with Crippen LogP contribution in [0.4, 0.5) is 0 Å². The lowest BCUT2D eigenvalue weighted by Gasteiger charge is -2.08. The summed E-state index contributed by atoms with van der Waals surface area (Å²) >= 11 is 6.13. The quantitative estimate of drug-likeness (QED) is 0.924. The summed E-state index contributed by atoms with van der Waals surface area (Å²) < 4.78 is 5.75. The van der Waals surface area contributed by atoms with Gasteiger partial charge in [-0.3, -0.25) is 0 Å². The van der Waals surface area contributed by atoms with Gasteiger partial charge in [0.2, 0.25) is 0 Å². The van der Waals surface area contributed by atoms with E-state index in [0.717, 1.165) is 60.3 Å². The summed E-state index contributed by atoms with van der Waals surface area (Å²) in [5.41, 5.74) is 2.26. The molecule has 0 saturated heterocycles. The van der Waals surface area contributed by atoms with Crippen molar-refractivity contribution in [2.45, 2.75) is 25.8 Å². The molecule has 1 aliphatic heterocycles. The van der Waals surface area contributed by atoms with Crippen molar-refractivity contribution >= 4 is 11.6 Å². The zero-order chi connectivity index (χ0) is 12.4. The smallest absolute Gasteiger partial charge is 0.195 e. The molecule has 0 amide bonds. The minimum absolute atomic E-state index is 0.800. The second-order valence-corrected chi connectivity index (χ2v) is 4.90. The molecular formula is C14H15ClN2O. The number of hydrogen-bond acceptors (Lipinski definition) is 3. The van der Waals surface area contributed by atoms with Gasteiger partial charge in [-0.15, -0.1) is 0 Å². The van der Waals surface area contributed by atoms with Crippen molar-refractivity contribution in [1.82, 2.24) is 10.3 Å². The van der Waals surface area contributed by atoms with Crippen LogP contribution < -0.4 is 5.32 Å². The van der Waals surface area contributed by atoms with Crippen LogP contribution >= 0.6 is 11.6 Å². The average molecular weight is 263 g/mol. The predicted molar refractivity (Wildman–Crippen MR) is 70.8 cm³/mol. The lowest BCUT2D eigenvalue weighted by atomic mass is 10.1. The van der Waals surface area contributed by atoms with Gasteiger partial charge in [-0.05, 0) is 18.1 Å². The fourth-order valence-corrected chi connectivity index (χ4v) is 2.46. The SMILES string of the molecule is Clc1ccccc1CCc1nc2c(o1)CNCC2. The lowest BCUT2D eigenvalue weighted by molar-refractivity contribution is 0.428. The third-order valence-corrected chi connectivity index (χ3v) is 3.58. The zero-order valence-electron chi connectivity index (χ0n) is 10.1. The van der Waals surface area contributed by atoms with Crippen molar-refractivity contribution < 1.29 is 4.42 Å². The van der Waals surface area contributed by atoms with Gasteiger partial charge in [-0.25, -0.2) is 4.98 Å². The molecule has 3 nitrogen and oxygen atoms in total. The Hall–Kier alpha value is -1.32. The van der Waals surface area contributed by atoms with Crippen molar-refractivity contribution in [2.24, 2.45) is 0 Å². The monoisotopic (exact) mass is 262 g/mol. The van der Waals surface area contributed by atoms with Crippen LogP contribution in [0.15, 0.2) is 28.7 Å². The number of nitrogens with one attached hydrogen (secondary N) is 1. The molecule has 0 saturated carbocycles. The maximum Gasteiger partial charge on any atom is 0.195 e. The Morgan fingerprint density at radius 3 is 3.00 bits per heavy atom. The van der Waals surface area contributed by atoms with Crippen molar-refractivity contribution in [2.75, 3.05) is 6.54 Å². The summed E-state index contributed by atoms with van der Waals surface area (Å²) in [7, 11) is 0. The van der Waals surface area contributed by atoms with Gasteiger partial charge in [0, 0.05) is 24.4 Å². The van der Waals surface area contributed by atoms with E-state index in [1.54, 1.807) is 0 Å². The molecule has 1 aromatic carbocycles. The Bertz CT molecular complexity index is 527. The molecule has 0 bridgehead atoms. The third-order valence-electron chi connectivity index (χ3n) is 3.21. The molecule has 4 heteroatoms. The number of halogens is 1. The Morgan fingerprint density at radius 2 is 2.17 bits per heavy atom. The number of benzene rings is 1. The molecule has 94 valence electrons. The van der Waals surface area contributed by atoms with Crippen LogP contribution in [0.25, 0.3) is 0 Å². The summed E-state index contributed by atoms with van der Waals surface area (Å²) in [5.74, 6) is 1.82. The van der Waals surface area contributed by atoms with Gasteiger partial charge in [0.15, 0.2) is 5.89 Å². The van der Waals surface area contributed by atoms with Crippen LogP contribution in [0.5, 0.6) is 0 Å². The minimum Gasteiger partial charge on any atom is -0.444 e. The molecule has 3 rings (SSSR count). The molecule has 0 radical (unpaired) electrons. The molecule has 0 spiro atoms. The molecular weight excluding hydrogens is 248 g/mol. The average Bonchev–Trinajstić information content (AvgIpc) is 2.80. The van der Waals surface area contributed by atoms with E-state index in [4.69, 9.17) is 16.0 Å². The van der Waals surface area contributed by atoms with Crippen molar-refractivity contribution in [3.8, 4) is 0 Å². The Kier molecular flexibility index (Phi) is 3.35. The van der Waals surface area contributed by atoms with E-state index in [9.17, 15) is 0 Å². The lowest BCUT2D eigenvalue weighted by Crippen LogP contribution is -2.22. The van der Waals surface area contributed by atoms with Gasteiger partial charge in [0.1, 0.15) is 5.76 Å². The standard InChI is InChI=1S/C14H15ClN2O/c15-11-4-2-1-3-10(11)5-6-14-17-12-7-8-16-9-13(12)18-14/h1-4,16H,5-9H2. The first-order valence-electron chi connectivity index (χ1n) is 6.24. The first-order chi connectivity index (χ1) is 8.83. The van der Waals surface area contributed by atoms with E-state index < -0.39 is 0 Å². The second kappa shape index (κ2) is 5.12. The molecule has 0 unspecified atom stereocenters. The maximum atomic E-state index is 6.13. The summed E-state index contributed by atoms with van der Waals surface area (Å²) in [6.07, 6.45) is 2.63. The minimum atomic E-state index is 0.800. The maximum absolute atomic E-state index is 6.13. The van der Waals surface area contributed by atoms with Crippen LogP contribution in [-0.2, 0) is 25.8 Å². The zero-order valence-corrected chi connectivity index (χ0v) is 10.8. The second-order valence-electron chi connectivity index (χ2n) is 4.50. The van der Waals surface area contributed by atoms with E-state index in [0.29, 0.717) is 0 Å². The highest BCUT2D eigenvalue weighted by Crippen LogP contribution is 2.19. The van der Waals surface area contributed by atoms with E-state index in [1.807, 2.05) is 24.3 Å². The molecule has 0 atom stereocenters. The summed E-state index contributed by atoms with van der Waals surface area (Å²) in [6.45, 7) is 1.79. The van der Waals surface area contributed by atoms with Crippen LogP contribution in [0.2, 0.25) is 5.02 Å². The van der Waals surface area contributed by atoms with E-state index in [2.05, 4.69) is 10.3 Å². The van der Waals surface area contributed by atoms with Gasteiger partial charge in [0.25, 0.3) is 0 Å². The first kappa shape index (κ1) is 11.8. The molecule has 0 aliphatic carbocycles.